The summed E-state index contributed by atoms with van der Waals surface area (Å²) in [5.74, 6) is 2.59. The zero-order valence-corrected chi connectivity index (χ0v) is 11.2. The lowest BCUT2D eigenvalue weighted by Gasteiger charge is -2.26. The summed E-state index contributed by atoms with van der Waals surface area (Å²) in [7, 11) is 0. The lowest BCUT2D eigenvalue weighted by molar-refractivity contribution is 0.292. The van der Waals surface area contributed by atoms with E-state index in [1.807, 2.05) is 6.07 Å². The number of benzene rings is 1. The van der Waals surface area contributed by atoms with Gasteiger partial charge < -0.3 is 10.6 Å². The highest BCUT2D eigenvalue weighted by molar-refractivity contribution is 7.99. The fraction of sp³-hybridized carbons (Fsp3) is 0.571. The minimum Gasteiger partial charge on any atom is -0.324 e. The number of hydrogen-bond acceptors (Lipinski definition) is 3. The second kappa shape index (κ2) is 7.04. The Balaban J connectivity index is 1.67. The number of thioether (sulfide) groups is 1. The molecular formula is C14H22N2S. The van der Waals surface area contributed by atoms with Gasteiger partial charge >= 0.3 is 0 Å². The average molecular weight is 250 g/mol. The molecule has 0 spiro atoms. The van der Waals surface area contributed by atoms with E-state index in [-0.39, 0.29) is 6.04 Å². The lowest BCUT2D eigenvalue weighted by atomic mass is 10.0. The summed E-state index contributed by atoms with van der Waals surface area (Å²) in [4.78, 5) is 2.56. The molecule has 1 aliphatic heterocycles. The molecule has 1 atom stereocenters. The van der Waals surface area contributed by atoms with Crippen molar-refractivity contribution in [2.45, 2.75) is 18.9 Å². The van der Waals surface area contributed by atoms with Gasteiger partial charge in [-0.05, 0) is 24.9 Å². The molecule has 0 radical (unpaired) electrons. The van der Waals surface area contributed by atoms with Gasteiger partial charge in [0.2, 0.25) is 0 Å². The van der Waals surface area contributed by atoms with Crippen molar-refractivity contribution in [3.8, 4) is 0 Å². The van der Waals surface area contributed by atoms with Gasteiger partial charge in [-0.15, -0.1) is 0 Å². The maximum absolute atomic E-state index is 6.19. The first kappa shape index (κ1) is 12.9. The topological polar surface area (TPSA) is 29.3 Å². The quantitative estimate of drug-likeness (QED) is 0.870. The SMILES string of the molecule is NC(CCCN1CCSCC1)c1ccccc1. The minimum atomic E-state index is 0.204. The van der Waals surface area contributed by atoms with Gasteiger partial charge in [-0.2, -0.15) is 11.8 Å². The van der Waals surface area contributed by atoms with Crippen molar-refractivity contribution in [3.63, 3.8) is 0 Å². The molecule has 1 aliphatic rings. The standard InChI is InChI=1S/C14H22N2S/c15-14(13-5-2-1-3-6-13)7-4-8-16-9-11-17-12-10-16/h1-3,5-6,14H,4,7-12,15H2. The van der Waals surface area contributed by atoms with Gasteiger partial charge in [0.05, 0.1) is 0 Å². The summed E-state index contributed by atoms with van der Waals surface area (Å²) in [6.07, 6.45) is 2.30. The van der Waals surface area contributed by atoms with Crippen molar-refractivity contribution < 1.29 is 0 Å². The van der Waals surface area contributed by atoms with E-state index in [0.717, 1.165) is 6.42 Å². The first-order chi connectivity index (χ1) is 8.36. The third kappa shape index (κ3) is 4.34. The first-order valence-corrected chi connectivity index (χ1v) is 7.62. The van der Waals surface area contributed by atoms with Crippen LogP contribution in [-0.4, -0.2) is 36.0 Å². The van der Waals surface area contributed by atoms with Crippen LogP contribution in [0.3, 0.4) is 0 Å². The average Bonchev–Trinajstić information content (AvgIpc) is 2.41. The van der Waals surface area contributed by atoms with Gasteiger partial charge in [0.25, 0.3) is 0 Å². The molecule has 1 fully saturated rings. The first-order valence-electron chi connectivity index (χ1n) is 6.47. The maximum atomic E-state index is 6.19. The molecular weight excluding hydrogens is 228 g/mol. The predicted octanol–water partition coefficient (Wildman–Crippen LogP) is 2.52. The van der Waals surface area contributed by atoms with E-state index >= 15 is 0 Å². The third-order valence-corrected chi connectivity index (χ3v) is 4.26. The van der Waals surface area contributed by atoms with E-state index < -0.39 is 0 Å². The Morgan fingerprint density at radius 2 is 1.88 bits per heavy atom. The monoisotopic (exact) mass is 250 g/mol. The van der Waals surface area contributed by atoms with Crippen LogP contribution in [0.15, 0.2) is 30.3 Å². The zero-order chi connectivity index (χ0) is 11.9. The van der Waals surface area contributed by atoms with E-state index in [2.05, 4.69) is 40.9 Å². The Bertz CT molecular complexity index is 309. The Kier molecular flexibility index (Phi) is 5.36. The fourth-order valence-corrected chi connectivity index (χ4v) is 3.21. The highest BCUT2D eigenvalue weighted by atomic mass is 32.2. The summed E-state index contributed by atoms with van der Waals surface area (Å²) >= 11 is 2.07. The normalized spacial score (nSPS) is 19.1. The van der Waals surface area contributed by atoms with Gasteiger partial charge in [-0.25, -0.2) is 0 Å². The van der Waals surface area contributed by atoms with Crippen molar-refractivity contribution in [2.75, 3.05) is 31.1 Å². The minimum absolute atomic E-state index is 0.204. The molecule has 0 amide bonds. The predicted molar refractivity (Wildman–Crippen MR) is 76.4 cm³/mol. The van der Waals surface area contributed by atoms with E-state index in [1.165, 1.54) is 43.1 Å². The maximum Gasteiger partial charge on any atom is 0.0295 e. The molecule has 2 N–H and O–H groups in total. The van der Waals surface area contributed by atoms with Crippen molar-refractivity contribution in [1.29, 1.82) is 0 Å². The number of nitrogens with zero attached hydrogens (tertiary/aromatic N) is 1. The van der Waals surface area contributed by atoms with E-state index in [1.54, 1.807) is 0 Å². The molecule has 1 aromatic rings. The van der Waals surface area contributed by atoms with Crippen LogP contribution in [0, 0.1) is 0 Å². The summed E-state index contributed by atoms with van der Waals surface area (Å²) in [5.41, 5.74) is 7.45. The second-order valence-electron chi connectivity index (χ2n) is 4.61. The third-order valence-electron chi connectivity index (χ3n) is 3.32. The largest absolute Gasteiger partial charge is 0.324 e. The lowest BCUT2D eigenvalue weighted by Crippen LogP contribution is -2.33. The van der Waals surface area contributed by atoms with Crippen LogP contribution in [-0.2, 0) is 0 Å². The number of hydrogen-bond donors (Lipinski definition) is 1. The van der Waals surface area contributed by atoms with Gasteiger partial charge in [0, 0.05) is 30.6 Å². The molecule has 1 heterocycles. The molecule has 1 unspecified atom stereocenters. The number of rotatable bonds is 5. The summed E-state index contributed by atoms with van der Waals surface area (Å²) < 4.78 is 0. The Hall–Kier alpha value is -0.510. The van der Waals surface area contributed by atoms with Gasteiger partial charge in [0.15, 0.2) is 0 Å². The van der Waals surface area contributed by atoms with Crippen LogP contribution in [0.5, 0.6) is 0 Å². The molecule has 0 aromatic heterocycles. The Labute approximate surface area is 109 Å². The molecule has 0 bridgehead atoms. The van der Waals surface area contributed by atoms with Crippen LogP contribution in [0.4, 0.5) is 0 Å². The molecule has 1 aromatic carbocycles. The van der Waals surface area contributed by atoms with Crippen LogP contribution >= 0.6 is 11.8 Å². The van der Waals surface area contributed by atoms with Crippen LogP contribution in [0.1, 0.15) is 24.4 Å². The smallest absolute Gasteiger partial charge is 0.0295 e. The van der Waals surface area contributed by atoms with Gasteiger partial charge in [-0.3, -0.25) is 0 Å². The molecule has 0 saturated carbocycles. The van der Waals surface area contributed by atoms with E-state index in [0.29, 0.717) is 0 Å². The molecule has 17 heavy (non-hydrogen) atoms. The van der Waals surface area contributed by atoms with Crippen LogP contribution in [0.25, 0.3) is 0 Å². The van der Waals surface area contributed by atoms with Crippen molar-refractivity contribution in [2.24, 2.45) is 5.73 Å². The molecule has 1 saturated heterocycles. The second-order valence-corrected chi connectivity index (χ2v) is 5.84. The molecule has 2 nitrogen and oxygen atoms in total. The zero-order valence-electron chi connectivity index (χ0n) is 10.3. The van der Waals surface area contributed by atoms with Crippen molar-refractivity contribution >= 4 is 11.8 Å². The molecule has 3 heteroatoms. The van der Waals surface area contributed by atoms with Crippen molar-refractivity contribution in [1.82, 2.24) is 4.90 Å². The van der Waals surface area contributed by atoms with Gasteiger partial charge in [-0.1, -0.05) is 30.3 Å². The van der Waals surface area contributed by atoms with E-state index in [4.69, 9.17) is 5.73 Å². The Morgan fingerprint density at radius 1 is 1.18 bits per heavy atom. The molecule has 0 aliphatic carbocycles. The molecule has 2 rings (SSSR count). The summed E-state index contributed by atoms with van der Waals surface area (Å²) in [6.45, 7) is 3.72. The highest BCUT2D eigenvalue weighted by Crippen LogP contribution is 2.16. The van der Waals surface area contributed by atoms with Crippen LogP contribution < -0.4 is 5.73 Å². The van der Waals surface area contributed by atoms with Crippen molar-refractivity contribution in [3.05, 3.63) is 35.9 Å². The summed E-state index contributed by atoms with van der Waals surface area (Å²) in [6, 6.07) is 10.6. The van der Waals surface area contributed by atoms with Gasteiger partial charge in [0.1, 0.15) is 0 Å². The Morgan fingerprint density at radius 3 is 2.59 bits per heavy atom. The number of nitrogens with two attached hydrogens (primary N) is 1. The highest BCUT2D eigenvalue weighted by Gasteiger charge is 2.11. The molecule has 94 valence electrons. The fourth-order valence-electron chi connectivity index (χ4n) is 2.23. The van der Waals surface area contributed by atoms with E-state index in [9.17, 15) is 0 Å². The van der Waals surface area contributed by atoms with Crippen LogP contribution in [0.2, 0.25) is 0 Å². The summed E-state index contributed by atoms with van der Waals surface area (Å²) in [5, 5.41) is 0.